The summed E-state index contributed by atoms with van der Waals surface area (Å²) < 4.78 is 28.2. The van der Waals surface area contributed by atoms with E-state index in [0.29, 0.717) is 21.1 Å². The molecule has 0 fully saturated rings. The summed E-state index contributed by atoms with van der Waals surface area (Å²) in [6.07, 6.45) is 1.90. The Morgan fingerprint density at radius 1 is 1.40 bits per heavy atom. The highest BCUT2D eigenvalue weighted by Gasteiger charge is 2.23. The van der Waals surface area contributed by atoms with Crippen molar-refractivity contribution in [1.29, 1.82) is 0 Å². The largest absolute Gasteiger partial charge is 0.315 e. The number of thiophene rings is 1. The van der Waals surface area contributed by atoms with Crippen LogP contribution in [0.2, 0.25) is 0 Å². The Bertz CT molecular complexity index is 528. The van der Waals surface area contributed by atoms with Crippen molar-refractivity contribution in [2.45, 2.75) is 51.1 Å². The Hall–Kier alpha value is 0.0500. The van der Waals surface area contributed by atoms with Crippen molar-refractivity contribution < 1.29 is 8.42 Å². The highest BCUT2D eigenvalue weighted by atomic mass is 79.9. The third kappa shape index (κ3) is 5.11. The van der Waals surface area contributed by atoms with Crippen LogP contribution in [0.3, 0.4) is 0 Å². The highest BCUT2D eigenvalue weighted by Crippen LogP contribution is 2.31. The van der Waals surface area contributed by atoms with Crippen LogP contribution in [0.5, 0.6) is 0 Å². The van der Waals surface area contributed by atoms with Gasteiger partial charge in [-0.1, -0.05) is 20.3 Å². The van der Waals surface area contributed by atoms with E-state index in [1.54, 1.807) is 6.07 Å². The highest BCUT2D eigenvalue weighted by molar-refractivity contribution is 9.11. The Labute approximate surface area is 134 Å². The van der Waals surface area contributed by atoms with E-state index in [2.05, 4.69) is 39.8 Å². The quantitative estimate of drug-likeness (QED) is 0.724. The summed E-state index contributed by atoms with van der Waals surface area (Å²) in [5.41, 5.74) is 0. The minimum absolute atomic E-state index is 0.0606. The minimum Gasteiger partial charge on any atom is -0.315 e. The Morgan fingerprint density at radius 2 is 2.05 bits per heavy atom. The molecule has 0 spiro atoms. The normalized spacial score (nSPS) is 15.2. The van der Waals surface area contributed by atoms with E-state index in [0.717, 1.165) is 17.7 Å². The molecule has 4 nitrogen and oxygen atoms in total. The topological polar surface area (TPSA) is 58.2 Å². The molecule has 1 aromatic rings. The third-order valence-electron chi connectivity index (χ3n) is 3.16. The van der Waals surface area contributed by atoms with Crippen molar-refractivity contribution in [2.75, 3.05) is 7.05 Å². The predicted molar refractivity (Wildman–Crippen MR) is 88.6 cm³/mol. The average Bonchev–Trinajstić information content (AvgIpc) is 2.70. The smallest absolute Gasteiger partial charge is 0.242 e. The Kier molecular flexibility index (Phi) is 7.14. The second-order valence-corrected chi connectivity index (χ2v) is 9.29. The summed E-state index contributed by atoms with van der Waals surface area (Å²) in [6, 6.07) is 1.67. The van der Waals surface area contributed by atoms with E-state index in [1.165, 1.54) is 11.3 Å². The summed E-state index contributed by atoms with van der Waals surface area (Å²) in [6.45, 7) is 6.83. The first-order valence-corrected chi connectivity index (χ1v) is 9.84. The molecule has 0 aromatic carbocycles. The molecule has 0 bridgehead atoms. The summed E-state index contributed by atoms with van der Waals surface area (Å²) >= 11 is 4.80. The van der Waals surface area contributed by atoms with Crippen molar-refractivity contribution in [3.8, 4) is 0 Å². The van der Waals surface area contributed by atoms with Gasteiger partial charge < -0.3 is 5.32 Å². The first-order chi connectivity index (χ1) is 9.30. The van der Waals surface area contributed by atoms with Gasteiger partial charge in [-0.3, -0.25) is 0 Å². The van der Waals surface area contributed by atoms with Crippen LogP contribution in [-0.2, 0) is 16.6 Å². The molecular formula is C13H23BrN2O2S2. The van der Waals surface area contributed by atoms with E-state index in [9.17, 15) is 8.42 Å². The zero-order valence-corrected chi connectivity index (χ0v) is 15.6. The third-order valence-corrected chi connectivity index (χ3v) is 7.00. The fraction of sp³-hybridized carbons (Fsp3) is 0.692. The second kappa shape index (κ2) is 7.89. The van der Waals surface area contributed by atoms with Gasteiger partial charge in [0.2, 0.25) is 10.0 Å². The number of nitrogens with one attached hydrogen (secondary N) is 2. The monoisotopic (exact) mass is 382 g/mol. The second-order valence-electron chi connectivity index (χ2n) is 5.15. The molecular weight excluding hydrogens is 360 g/mol. The lowest BCUT2D eigenvalue weighted by Crippen LogP contribution is -2.33. The first kappa shape index (κ1) is 18.1. The number of halogens is 1. The van der Waals surface area contributed by atoms with Crippen LogP contribution >= 0.6 is 27.3 Å². The molecule has 0 radical (unpaired) electrons. The molecule has 1 aromatic heterocycles. The zero-order chi connectivity index (χ0) is 15.3. The molecule has 0 saturated heterocycles. The van der Waals surface area contributed by atoms with Crippen LogP contribution in [0, 0.1) is 5.92 Å². The van der Waals surface area contributed by atoms with Gasteiger partial charge in [0.25, 0.3) is 0 Å². The molecule has 116 valence electrons. The maximum absolute atomic E-state index is 12.4. The molecule has 0 aliphatic carbocycles. The van der Waals surface area contributed by atoms with E-state index in [4.69, 9.17) is 0 Å². The van der Waals surface area contributed by atoms with Gasteiger partial charge >= 0.3 is 0 Å². The van der Waals surface area contributed by atoms with Gasteiger partial charge in [-0.15, -0.1) is 11.3 Å². The maximum Gasteiger partial charge on any atom is 0.242 e. The number of rotatable bonds is 8. The van der Waals surface area contributed by atoms with E-state index in [-0.39, 0.29) is 6.04 Å². The van der Waals surface area contributed by atoms with Gasteiger partial charge in [0.1, 0.15) is 4.90 Å². The summed E-state index contributed by atoms with van der Waals surface area (Å²) in [4.78, 5) is 1.33. The minimum atomic E-state index is -3.46. The Morgan fingerprint density at radius 3 is 2.60 bits per heavy atom. The molecule has 2 atom stereocenters. The lowest BCUT2D eigenvalue weighted by molar-refractivity contribution is 0.445. The number of hydrogen-bond acceptors (Lipinski definition) is 4. The van der Waals surface area contributed by atoms with E-state index >= 15 is 0 Å². The maximum atomic E-state index is 12.4. The predicted octanol–water partition coefficient (Wildman–Crippen LogP) is 3.33. The fourth-order valence-corrected chi connectivity index (χ4v) is 5.94. The lowest BCUT2D eigenvalue weighted by Gasteiger charge is -2.17. The van der Waals surface area contributed by atoms with E-state index < -0.39 is 10.0 Å². The van der Waals surface area contributed by atoms with Gasteiger partial charge in [0.05, 0.1) is 3.79 Å². The van der Waals surface area contributed by atoms with Crippen LogP contribution < -0.4 is 10.0 Å². The van der Waals surface area contributed by atoms with Gasteiger partial charge in [-0.25, -0.2) is 13.1 Å². The summed E-state index contributed by atoms with van der Waals surface area (Å²) in [5.74, 6) is 0.512. The van der Waals surface area contributed by atoms with E-state index in [1.807, 2.05) is 14.0 Å². The standard InChI is InChI=1S/C13H23BrN2O2S2/c1-5-9(2)6-10(3)16-20(17,18)12-7-11(8-15-4)19-13(12)14/h7,9-10,15-16H,5-6,8H2,1-4H3. The molecule has 2 unspecified atom stereocenters. The fourth-order valence-electron chi connectivity index (χ4n) is 1.99. The van der Waals surface area contributed by atoms with Crippen LogP contribution in [-0.4, -0.2) is 21.5 Å². The molecule has 0 aliphatic rings. The van der Waals surface area contributed by atoms with Crippen molar-refractivity contribution in [2.24, 2.45) is 5.92 Å². The molecule has 20 heavy (non-hydrogen) atoms. The average molecular weight is 383 g/mol. The Balaban J connectivity index is 2.83. The van der Waals surface area contributed by atoms with Crippen LogP contribution in [0.4, 0.5) is 0 Å². The van der Waals surface area contributed by atoms with Crippen molar-refractivity contribution in [3.63, 3.8) is 0 Å². The summed E-state index contributed by atoms with van der Waals surface area (Å²) in [7, 11) is -1.61. The molecule has 0 aliphatic heterocycles. The first-order valence-electron chi connectivity index (χ1n) is 6.75. The van der Waals surface area contributed by atoms with Gasteiger partial charge in [0.15, 0.2) is 0 Å². The van der Waals surface area contributed by atoms with Crippen LogP contribution in [0.15, 0.2) is 14.7 Å². The van der Waals surface area contributed by atoms with Gasteiger partial charge in [-0.2, -0.15) is 0 Å². The van der Waals surface area contributed by atoms with Crippen molar-refractivity contribution in [1.82, 2.24) is 10.0 Å². The van der Waals surface area contributed by atoms with Gasteiger partial charge in [0, 0.05) is 17.5 Å². The molecule has 7 heteroatoms. The number of hydrogen-bond donors (Lipinski definition) is 2. The molecule has 0 amide bonds. The van der Waals surface area contributed by atoms with Crippen molar-refractivity contribution >= 4 is 37.3 Å². The van der Waals surface area contributed by atoms with Crippen molar-refractivity contribution in [3.05, 3.63) is 14.7 Å². The molecule has 1 heterocycles. The number of sulfonamides is 1. The SMILES string of the molecule is CCC(C)CC(C)NS(=O)(=O)c1cc(CNC)sc1Br. The lowest BCUT2D eigenvalue weighted by atomic mass is 10.0. The summed E-state index contributed by atoms with van der Waals surface area (Å²) in [5, 5.41) is 3.02. The zero-order valence-electron chi connectivity index (χ0n) is 12.4. The van der Waals surface area contributed by atoms with Gasteiger partial charge in [-0.05, 0) is 48.3 Å². The molecule has 2 N–H and O–H groups in total. The molecule has 0 saturated carbocycles. The van der Waals surface area contributed by atoms with Crippen LogP contribution in [0.1, 0.15) is 38.5 Å². The molecule has 1 rings (SSSR count). The van der Waals surface area contributed by atoms with Crippen LogP contribution in [0.25, 0.3) is 0 Å².